The van der Waals surface area contributed by atoms with Gasteiger partial charge in [-0.25, -0.2) is 0 Å². The third kappa shape index (κ3) is 5.31. The third-order valence-corrected chi connectivity index (χ3v) is 4.03. The van der Waals surface area contributed by atoms with Gasteiger partial charge in [0.15, 0.2) is 0 Å². The van der Waals surface area contributed by atoms with Crippen LogP contribution in [0.5, 0.6) is 5.75 Å². The standard InChI is InChI=1S/C17H16Cl3NO2/c1-11-10-12(18)7-8-15(11)23-9-3-6-16(22)21-17-13(19)4-2-5-14(17)20/h2,4-5,7-8,10H,3,6,9H2,1H3,(H,21,22). The van der Waals surface area contributed by atoms with E-state index >= 15 is 0 Å². The number of ether oxygens (including phenoxy) is 1. The summed E-state index contributed by atoms with van der Waals surface area (Å²) < 4.78 is 5.65. The number of benzene rings is 2. The van der Waals surface area contributed by atoms with E-state index in [4.69, 9.17) is 39.5 Å². The van der Waals surface area contributed by atoms with E-state index < -0.39 is 0 Å². The van der Waals surface area contributed by atoms with Crippen molar-refractivity contribution in [1.82, 2.24) is 0 Å². The summed E-state index contributed by atoms with van der Waals surface area (Å²) in [7, 11) is 0. The lowest BCUT2D eigenvalue weighted by Crippen LogP contribution is -2.13. The maximum absolute atomic E-state index is 11.9. The van der Waals surface area contributed by atoms with Crippen molar-refractivity contribution in [2.45, 2.75) is 19.8 Å². The quantitative estimate of drug-likeness (QED) is 0.655. The number of halogens is 3. The van der Waals surface area contributed by atoms with Crippen molar-refractivity contribution >= 4 is 46.4 Å². The van der Waals surface area contributed by atoms with Crippen molar-refractivity contribution in [2.75, 3.05) is 11.9 Å². The zero-order valence-electron chi connectivity index (χ0n) is 12.5. The zero-order valence-corrected chi connectivity index (χ0v) is 14.8. The van der Waals surface area contributed by atoms with Crippen LogP contribution >= 0.6 is 34.8 Å². The lowest BCUT2D eigenvalue weighted by molar-refractivity contribution is -0.116. The van der Waals surface area contributed by atoms with Gasteiger partial charge in [0.25, 0.3) is 0 Å². The van der Waals surface area contributed by atoms with Crippen molar-refractivity contribution in [3.63, 3.8) is 0 Å². The van der Waals surface area contributed by atoms with Crippen LogP contribution in [0.2, 0.25) is 15.1 Å². The number of aryl methyl sites for hydroxylation is 1. The van der Waals surface area contributed by atoms with Crippen molar-refractivity contribution < 1.29 is 9.53 Å². The first-order chi connectivity index (χ1) is 11.0. The van der Waals surface area contributed by atoms with Crippen molar-refractivity contribution in [3.05, 3.63) is 57.0 Å². The van der Waals surface area contributed by atoms with Crippen LogP contribution in [0.15, 0.2) is 36.4 Å². The van der Waals surface area contributed by atoms with Crippen LogP contribution in [0.4, 0.5) is 5.69 Å². The molecule has 122 valence electrons. The largest absolute Gasteiger partial charge is 0.493 e. The van der Waals surface area contributed by atoms with Crippen LogP contribution in [0.25, 0.3) is 0 Å². The van der Waals surface area contributed by atoms with Gasteiger partial charge in [0, 0.05) is 11.4 Å². The van der Waals surface area contributed by atoms with Crippen LogP contribution in [-0.2, 0) is 4.79 Å². The Bertz CT molecular complexity index is 684. The summed E-state index contributed by atoms with van der Waals surface area (Å²) in [6.45, 7) is 2.36. The molecule has 2 aromatic carbocycles. The number of hydrogen-bond acceptors (Lipinski definition) is 2. The highest BCUT2D eigenvalue weighted by molar-refractivity contribution is 6.39. The number of amides is 1. The smallest absolute Gasteiger partial charge is 0.224 e. The van der Waals surface area contributed by atoms with Crippen LogP contribution in [0.1, 0.15) is 18.4 Å². The first-order valence-corrected chi connectivity index (χ1v) is 8.23. The second-order valence-corrected chi connectivity index (χ2v) is 6.26. The minimum atomic E-state index is -0.156. The molecule has 0 unspecified atom stereocenters. The molecule has 2 rings (SSSR count). The van der Waals surface area contributed by atoms with E-state index in [0.717, 1.165) is 11.3 Å². The number of rotatable bonds is 6. The summed E-state index contributed by atoms with van der Waals surface area (Å²) in [6, 6.07) is 10.5. The van der Waals surface area contributed by atoms with E-state index in [1.54, 1.807) is 24.3 Å². The lowest BCUT2D eigenvalue weighted by atomic mass is 10.2. The first-order valence-electron chi connectivity index (χ1n) is 7.10. The summed E-state index contributed by atoms with van der Waals surface area (Å²) in [6.07, 6.45) is 0.893. The minimum Gasteiger partial charge on any atom is -0.493 e. The highest BCUT2D eigenvalue weighted by Crippen LogP contribution is 2.30. The van der Waals surface area contributed by atoms with Gasteiger partial charge in [-0.1, -0.05) is 40.9 Å². The molecule has 0 radical (unpaired) electrons. The molecule has 1 amide bonds. The van der Waals surface area contributed by atoms with E-state index in [1.165, 1.54) is 0 Å². The van der Waals surface area contributed by atoms with E-state index in [-0.39, 0.29) is 5.91 Å². The summed E-state index contributed by atoms with van der Waals surface area (Å²) in [5, 5.41) is 4.22. The third-order valence-electron chi connectivity index (χ3n) is 3.17. The Morgan fingerprint density at radius 2 is 1.83 bits per heavy atom. The predicted octanol–water partition coefficient (Wildman–Crippen LogP) is 5.75. The molecule has 0 spiro atoms. The van der Waals surface area contributed by atoms with Gasteiger partial charge < -0.3 is 10.1 Å². The van der Waals surface area contributed by atoms with E-state index in [2.05, 4.69) is 5.32 Å². The van der Waals surface area contributed by atoms with Crippen LogP contribution in [0.3, 0.4) is 0 Å². The molecule has 23 heavy (non-hydrogen) atoms. The molecule has 0 aliphatic heterocycles. The van der Waals surface area contributed by atoms with Crippen LogP contribution in [0, 0.1) is 6.92 Å². The van der Waals surface area contributed by atoms with Crippen molar-refractivity contribution in [2.24, 2.45) is 0 Å². The average molecular weight is 373 g/mol. The van der Waals surface area contributed by atoms with Gasteiger partial charge >= 0.3 is 0 Å². The number of para-hydroxylation sites is 1. The summed E-state index contributed by atoms with van der Waals surface area (Å²) in [4.78, 5) is 11.9. The average Bonchev–Trinajstić information content (AvgIpc) is 2.49. The fourth-order valence-corrected chi connectivity index (χ4v) is 2.73. The number of nitrogens with one attached hydrogen (secondary N) is 1. The monoisotopic (exact) mass is 371 g/mol. The maximum atomic E-state index is 11.9. The predicted molar refractivity (Wildman–Crippen MR) is 96.0 cm³/mol. The SMILES string of the molecule is Cc1cc(Cl)ccc1OCCCC(=O)Nc1c(Cl)cccc1Cl. The molecule has 0 fully saturated rings. The van der Waals surface area contributed by atoms with Crippen LogP contribution in [-0.4, -0.2) is 12.5 Å². The van der Waals surface area contributed by atoms with Crippen molar-refractivity contribution in [1.29, 1.82) is 0 Å². The van der Waals surface area contributed by atoms with Gasteiger partial charge in [-0.3, -0.25) is 4.79 Å². The molecule has 0 bridgehead atoms. The van der Waals surface area contributed by atoms with Gasteiger partial charge in [-0.2, -0.15) is 0 Å². The minimum absolute atomic E-state index is 0.156. The van der Waals surface area contributed by atoms with E-state index in [0.29, 0.717) is 40.2 Å². The Morgan fingerprint density at radius 1 is 1.13 bits per heavy atom. The number of carbonyl (C=O) groups excluding carboxylic acids is 1. The molecular formula is C17H16Cl3NO2. The highest BCUT2D eigenvalue weighted by atomic mass is 35.5. The second-order valence-electron chi connectivity index (χ2n) is 5.01. The van der Waals surface area contributed by atoms with Gasteiger partial charge in [0.05, 0.1) is 22.3 Å². The maximum Gasteiger partial charge on any atom is 0.224 e. The van der Waals surface area contributed by atoms with Gasteiger partial charge in [0.2, 0.25) is 5.91 Å². The molecule has 0 aromatic heterocycles. The Balaban J connectivity index is 1.79. The molecule has 0 saturated heterocycles. The van der Waals surface area contributed by atoms with Gasteiger partial charge in [0.1, 0.15) is 5.75 Å². The molecule has 2 aromatic rings. The Labute approximate surface area is 150 Å². The topological polar surface area (TPSA) is 38.3 Å². The number of carbonyl (C=O) groups is 1. The van der Waals surface area contributed by atoms with Crippen LogP contribution < -0.4 is 10.1 Å². The van der Waals surface area contributed by atoms with Crippen molar-refractivity contribution in [3.8, 4) is 5.75 Å². The Kier molecular flexibility index (Phi) is 6.58. The molecule has 0 aliphatic carbocycles. The molecule has 1 N–H and O–H groups in total. The van der Waals surface area contributed by atoms with E-state index in [1.807, 2.05) is 19.1 Å². The Hall–Kier alpha value is -1.42. The van der Waals surface area contributed by atoms with Gasteiger partial charge in [-0.15, -0.1) is 0 Å². The molecule has 3 nitrogen and oxygen atoms in total. The normalized spacial score (nSPS) is 10.4. The molecule has 0 aliphatic rings. The molecule has 0 atom stereocenters. The Morgan fingerprint density at radius 3 is 2.48 bits per heavy atom. The lowest BCUT2D eigenvalue weighted by Gasteiger charge is -2.10. The number of anilines is 1. The summed E-state index contributed by atoms with van der Waals surface area (Å²) in [5.74, 6) is 0.611. The zero-order chi connectivity index (χ0) is 16.8. The molecular weight excluding hydrogens is 357 g/mol. The molecule has 6 heteroatoms. The molecule has 0 heterocycles. The van der Waals surface area contributed by atoms with Gasteiger partial charge in [-0.05, 0) is 49.2 Å². The fraction of sp³-hybridized carbons (Fsp3) is 0.235. The number of hydrogen-bond donors (Lipinski definition) is 1. The fourth-order valence-electron chi connectivity index (χ4n) is 2.01. The highest BCUT2D eigenvalue weighted by Gasteiger charge is 2.09. The summed E-state index contributed by atoms with van der Waals surface area (Å²) in [5.41, 5.74) is 1.40. The molecule has 0 saturated carbocycles. The second kappa shape index (κ2) is 8.44. The first kappa shape index (κ1) is 17.9. The summed E-state index contributed by atoms with van der Waals surface area (Å²) >= 11 is 17.9. The van der Waals surface area contributed by atoms with E-state index in [9.17, 15) is 4.79 Å².